The summed E-state index contributed by atoms with van der Waals surface area (Å²) >= 11 is 0. The maximum atomic E-state index is 13.7. The van der Waals surface area contributed by atoms with Gasteiger partial charge in [-0.05, 0) is 47.7 Å². The van der Waals surface area contributed by atoms with E-state index in [1.165, 1.54) is 0 Å². The summed E-state index contributed by atoms with van der Waals surface area (Å²) in [6.45, 7) is 7.50. The van der Waals surface area contributed by atoms with E-state index in [2.05, 4.69) is 13.8 Å². The first-order valence-electron chi connectivity index (χ1n) is 9.18. The second-order valence-electron chi connectivity index (χ2n) is 9.27. The zero-order valence-electron chi connectivity index (χ0n) is 15.2. The molecule has 5 heteroatoms. The molecule has 0 radical (unpaired) electrons. The largest absolute Gasteiger partial charge is 0.392 e. The van der Waals surface area contributed by atoms with Crippen molar-refractivity contribution >= 4 is 5.78 Å². The minimum absolute atomic E-state index is 0.0245. The monoisotopic (exact) mass is 348 g/mol. The fraction of sp³-hybridized carbons (Fsp3) is 0.750. The number of aliphatic hydroxyl groups is 4. The first kappa shape index (κ1) is 17.4. The van der Waals surface area contributed by atoms with E-state index in [1.807, 2.05) is 6.92 Å². The summed E-state index contributed by atoms with van der Waals surface area (Å²) < 4.78 is 0. The summed E-state index contributed by atoms with van der Waals surface area (Å²) in [5.74, 6) is -0.288. The Balaban J connectivity index is 1.99. The van der Waals surface area contributed by atoms with E-state index < -0.39 is 35.7 Å². The van der Waals surface area contributed by atoms with Gasteiger partial charge in [0, 0.05) is 5.92 Å². The van der Waals surface area contributed by atoms with E-state index in [1.54, 1.807) is 19.1 Å². The van der Waals surface area contributed by atoms with E-state index in [-0.39, 0.29) is 28.6 Å². The van der Waals surface area contributed by atoms with Gasteiger partial charge in [-0.25, -0.2) is 0 Å². The van der Waals surface area contributed by atoms with Gasteiger partial charge in [0.05, 0.1) is 12.0 Å². The molecule has 0 aromatic rings. The van der Waals surface area contributed by atoms with Crippen LogP contribution in [0.2, 0.25) is 0 Å². The predicted molar refractivity (Wildman–Crippen MR) is 91.4 cm³/mol. The van der Waals surface area contributed by atoms with E-state index in [0.717, 1.165) is 6.42 Å². The van der Waals surface area contributed by atoms with Gasteiger partial charge in [0.25, 0.3) is 0 Å². The lowest BCUT2D eigenvalue weighted by Crippen LogP contribution is -2.65. The van der Waals surface area contributed by atoms with Crippen LogP contribution in [-0.4, -0.2) is 50.6 Å². The highest BCUT2D eigenvalue weighted by Gasteiger charge is 2.75. The molecule has 138 valence electrons. The molecule has 0 aromatic heterocycles. The molecule has 5 nitrogen and oxygen atoms in total. The van der Waals surface area contributed by atoms with Crippen molar-refractivity contribution in [1.29, 1.82) is 0 Å². The van der Waals surface area contributed by atoms with E-state index in [4.69, 9.17) is 0 Å². The minimum Gasteiger partial charge on any atom is -0.392 e. The number of fused-ring (bicyclic) bond motifs is 3. The lowest BCUT2D eigenvalue weighted by molar-refractivity contribution is -0.190. The van der Waals surface area contributed by atoms with Gasteiger partial charge in [-0.15, -0.1) is 0 Å². The van der Waals surface area contributed by atoms with Crippen LogP contribution in [0.4, 0.5) is 0 Å². The predicted octanol–water partition coefficient (Wildman–Crippen LogP) is 0.815. The Hall–Kier alpha value is -1.01. The Morgan fingerprint density at radius 1 is 1.24 bits per heavy atom. The van der Waals surface area contributed by atoms with Crippen LogP contribution in [0.3, 0.4) is 0 Å². The summed E-state index contributed by atoms with van der Waals surface area (Å²) in [5, 5.41) is 43.0. The van der Waals surface area contributed by atoms with Crippen LogP contribution in [0.25, 0.3) is 0 Å². The first-order chi connectivity index (χ1) is 11.5. The third-order valence-corrected chi connectivity index (χ3v) is 7.93. The van der Waals surface area contributed by atoms with E-state index in [0.29, 0.717) is 11.5 Å². The van der Waals surface area contributed by atoms with Gasteiger partial charge in [0.2, 0.25) is 0 Å². The number of carbonyl (C=O) groups excluding carboxylic acids is 1. The molecule has 2 saturated carbocycles. The minimum atomic E-state index is -2.03. The number of allylic oxidation sites excluding steroid dienone is 1. The van der Waals surface area contributed by atoms with Gasteiger partial charge in [-0.1, -0.05) is 32.9 Å². The molecule has 0 heterocycles. The van der Waals surface area contributed by atoms with Crippen molar-refractivity contribution < 1.29 is 25.2 Å². The van der Waals surface area contributed by atoms with Crippen LogP contribution in [0, 0.1) is 34.5 Å². The van der Waals surface area contributed by atoms with Crippen molar-refractivity contribution in [3.63, 3.8) is 0 Å². The molecule has 0 saturated heterocycles. The molecule has 0 aromatic carbocycles. The SMILES string of the molecule is CC1=C[C@]23C(=O)[C@@H](C=C(CO)[C@H](O)[C@]2(O)[C@H]1O)[C@H]1[C@@H](C[C@H]3C)C1(C)C. The van der Waals surface area contributed by atoms with Crippen molar-refractivity contribution in [3.05, 3.63) is 23.3 Å². The molecule has 4 aliphatic carbocycles. The summed E-state index contributed by atoms with van der Waals surface area (Å²) in [6.07, 6.45) is 1.34. The van der Waals surface area contributed by atoms with Gasteiger partial charge >= 0.3 is 0 Å². The average Bonchev–Trinajstić information content (AvgIpc) is 3.05. The standard InChI is InChI=1S/C20H28O5/c1-9-7-19-10(2)5-13-14(18(13,3)4)12(17(19)24)6-11(8-21)16(23)20(19,25)15(9)22/h6-7,10,12-16,21-23,25H,5,8H2,1-4H3/t10-,12+,13-,14+,15+,16+,19+,20-/m1/s1. The second-order valence-corrected chi connectivity index (χ2v) is 9.27. The molecule has 2 bridgehead atoms. The molecule has 2 fully saturated rings. The zero-order chi connectivity index (χ0) is 18.5. The second kappa shape index (κ2) is 4.83. The number of carbonyl (C=O) groups is 1. The van der Waals surface area contributed by atoms with Crippen LogP contribution in [0.15, 0.2) is 23.3 Å². The van der Waals surface area contributed by atoms with Gasteiger partial charge in [0.1, 0.15) is 17.8 Å². The maximum Gasteiger partial charge on any atom is 0.153 e. The zero-order valence-corrected chi connectivity index (χ0v) is 15.2. The van der Waals surface area contributed by atoms with Crippen LogP contribution in [-0.2, 0) is 4.79 Å². The van der Waals surface area contributed by atoms with Crippen molar-refractivity contribution in [2.45, 2.75) is 51.9 Å². The normalized spacial score (nSPS) is 53.2. The Labute approximate surface area is 148 Å². The number of hydrogen-bond donors (Lipinski definition) is 4. The summed E-state index contributed by atoms with van der Waals surface area (Å²) in [4.78, 5) is 13.7. The Kier molecular flexibility index (Phi) is 3.36. The van der Waals surface area contributed by atoms with Crippen molar-refractivity contribution in [3.8, 4) is 0 Å². The maximum absolute atomic E-state index is 13.7. The first-order valence-corrected chi connectivity index (χ1v) is 9.18. The van der Waals surface area contributed by atoms with Crippen LogP contribution >= 0.6 is 0 Å². The number of Topliss-reactive ketones (excluding diaryl/α,β-unsaturated/α-hetero) is 1. The van der Waals surface area contributed by atoms with Crippen molar-refractivity contribution in [1.82, 2.24) is 0 Å². The quantitative estimate of drug-likeness (QED) is 0.526. The molecule has 4 N–H and O–H groups in total. The van der Waals surface area contributed by atoms with Crippen LogP contribution < -0.4 is 0 Å². The van der Waals surface area contributed by atoms with Crippen LogP contribution in [0.5, 0.6) is 0 Å². The Morgan fingerprint density at radius 3 is 2.48 bits per heavy atom. The lowest BCUT2D eigenvalue weighted by Gasteiger charge is -2.48. The van der Waals surface area contributed by atoms with Crippen molar-refractivity contribution in [2.75, 3.05) is 6.61 Å². The highest BCUT2D eigenvalue weighted by Crippen LogP contribution is 2.71. The van der Waals surface area contributed by atoms with E-state index >= 15 is 0 Å². The molecule has 4 aliphatic rings. The van der Waals surface area contributed by atoms with Gasteiger partial charge in [-0.3, -0.25) is 4.79 Å². The van der Waals surface area contributed by atoms with Crippen LogP contribution in [0.1, 0.15) is 34.1 Å². The molecular weight excluding hydrogens is 320 g/mol. The van der Waals surface area contributed by atoms with Gasteiger partial charge < -0.3 is 20.4 Å². The number of rotatable bonds is 1. The topological polar surface area (TPSA) is 98.0 Å². The lowest BCUT2D eigenvalue weighted by atomic mass is 9.59. The molecule has 1 spiro atoms. The smallest absolute Gasteiger partial charge is 0.153 e. The fourth-order valence-electron chi connectivity index (χ4n) is 6.43. The third kappa shape index (κ3) is 1.71. The van der Waals surface area contributed by atoms with E-state index in [9.17, 15) is 25.2 Å². The molecule has 25 heavy (non-hydrogen) atoms. The number of hydrogen-bond acceptors (Lipinski definition) is 5. The Morgan fingerprint density at radius 2 is 1.88 bits per heavy atom. The molecule has 0 aliphatic heterocycles. The molecule has 0 unspecified atom stereocenters. The van der Waals surface area contributed by atoms with Gasteiger partial charge in [0.15, 0.2) is 5.78 Å². The highest BCUT2D eigenvalue weighted by molar-refractivity contribution is 5.95. The van der Waals surface area contributed by atoms with Crippen molar-refractivity contribution in [2.24, 2.45) is 34.5 Å². The number of aliphatic hydroxyl groups excluding tert-OH is 3. The summed E-state index contributed by atoms with van der Waals surface area (Å²) in [7, 11) is 0. The van der Waals surface area contributed by atoms with Gasteiger partial charge in [-0.2, -0.15) is 0 Å². The molecular formula is C20H28O5. The molecule has 8 atom stereocenters. The fourth-order valence-corrected chi connectivity index (χ4v) is 6.43. The Bertz CT molecular complexity index is 707. The average molecular weight is 348 g/mol. The highest BCUT2D eigenvalue weighted by atomic mass is 16.4. The summed E-state index contributed by atoms with van der Waals surface area (Å²) in [5.41, 5.74) is -2.58. The number of ketones is 1. The molecule has 0 amide bonds. The summed E-state index contributed by atoms with van der Waals surface area (Å²) in [6, 6.07) is 0. The third-order valence-electron chi connectivity index (χ3n) is 7.93. The molecule has 4 rings (SSSR count).